The van der Waals surface area contributed by atoms with Gasteiger partial charge < -0.3 is 4.74 Å². The smallest absolute Gasteiger partial charge is 0.273 e. The number of carbonyl (C=O) groups excluding carboxylic acids is 1. The first-order chi connectivity index (χ1) is 18.3. The average Bonchev–Trinajstić information content (AvgIpc) is 2.90. The SMILES string of the molecule is COc1ccc(Cl)cc1N(CC(=O)N/N=C(/C)c1ccc([N+](=O)[O-])cc1)S(=O)(=O)c1ccc(C)c([N+](=O)[O-])c1. The monoisotopic (exact) mass is 575 g/mol. The number of amides is 1. The van der Waals surface area contributed by atoms with Gasteiger partial charge in [0.15, 0.2) is 0 Å². The van der Waals surface area contributed by atoms with Crippen LogP contribution < -0.4 is 14.5 Å². The van der Waals surface area contributed by atoms with Crippen molar-refractivity contribution in [2.75, 3.05) is 18.0 Å². The molecule has 0 aromatic heterocycles. The number of anilines is 1. The Morgan fingerprint density at radius 3 is 2.31 bits per heavy atom. The summed E-state index contributed by atoms with van der Waals surface area (Å²) < 4.78 is 33.4. The normalized spacial score (nSPS) is 11.5. The molecule has 3 aromatic rings. The molecule has 0 spiro atoms. The Morgan fingerprint density at radius 1 is 1.05 bits per heavy atom. The summed E-state index contributed by atoms with van der Waals surface area (Å²) in [4.78, 5) is 33.5. The van der Waals surface area contributed by atoms with Gasteiger partial charge in [-0.25, -0.2) is 13.8 Å². The van der Waals surface area contributed by atoms with Crippen LogP contribution in [0, 0.1) is 27.2 Å². The van der Waals surface area contributed by atoms with E-state index in [-0.39, 0.29) is 27.7 Å². The summed E-state index contributed by atoms with van der Waals surface area (Å²) in [6.07, 6.45) is 0. The van der Waals surface area contributed by atoms with Crippen LogP contribution in [0.5, 0.6) is 5.75 Å². The lowest BCUT2D eigenvalue weighted by atomic mass is 10.1. The van der Waals surface area contributed by atoms with Gasteiger partial charge in [-0.3, -0.25) is 29.3 Å². The van der Waals surface area contributed by atoms with E-state index in [9.17, 15) is 33.4 Å². The van der Waals surface area contributed by atoms with Crippen LogP contribution in [-0.2, 0) is 14.8 Å². The maximum absolute atomic E-state index is 13.7. The lowest BCUT2D eigenvalue weighted by Crippen LogP contribution is -2.40. The second-order valence-electron chi connectivity index (χ2n) is 8.07. The number of ether oxygens (including phenoxy) is 1. The number of non-ortho nitro benzene ring substituents is 1. The second kappa shape index (κ2) is 11.9. The number of aryl methyl sites for hydroxylation is 1. The van der Waals surface area contributed by atoms with Crippen molar-refractivity contribution in [2.24, 2.45) is 5.10 Å². The largest absolute Gasteiger partial charge is 0.495 e. The first-order valence-corrected chi connectivity index (χ1v) is 12.9. The number of nitrogens with one attached hydrogen (secondary N) is 1. The van der Waals surface area contributed by atoms with Crippen LogP contribution in [0.3, 0.4) is 0 Å². The van der Waals surface area contributed by atoms with Crippen molar-refractivity contribution in [2.45, 2.75) is 18.7 Å². The van der Waals surface area contributed by atoms with Crippen molar-refractivity contribution < 1.29 is 27.8 Å². The number of nitrogens with zero attached hydrogens (tertiary/aromatic N) is 4. The first kappa shape index (κ1) is 29.0. The zero-order valence-electron chi connectivity index (χ0n) is 20.8. The second-order valence-corrected chi connectivity index (χ2v) is 10.4. The fourth-order valence-corrected chi connectivity index (χ4v) is 5.04. The maximum Gasteiger partial charge on any atom is 0.273 e. The van der Waals surface area contributed by atoms with Crippen LogP contribution in [0.15, 0.2) is 70.7 Å². The van der Waals surface area contributed by atoms with Crippen LogP contribution in [0.4, 0.5) is 17.1 Å². The number of benzene rings is 3. The summed E-state index contributed by atoms with van der Waals surface area (Å²) in [7, 11) is -3.26. The van der Waals surface area contributed by atoms with Gasteiger partial charge in [0.2, 0.25) is 0 Å². The molecule has 3 rings (SSSR count). The number of sulfonamides is 1. The average molecular weight is 576 g/mol. The lowest BCUT2D eigenvalue weighted by molar-refractivity contribution is -0.385. The van der Waals surface area contributed by atoms with Gasteiger partial charge in [-0.15, -0.1) is 0 Å². The zero-order valence-corrected chi connectivity index (χ0v) is 22.4. The van der Waals surface area contributed by atoms with E-state index in [1.54, 1.807) is 6.92 Å². The molecule has 1 amide bonds. The van der Waals surface area contributed by atoms with Gasteiger partial charge in [-0.2, -0.15) is 5.10 Å². The molecule has 0 saturated carbocycles. The molecule has 0 fully saturated rings. The molecule has 0 bridgehead atoms. The van der Waals surface area contributed by atoms with Crippen LogP contribution in [0.1, 0.15) is 18.1 Å². The Labute approximate surface area is 228 Å². The molecule has 204 valence electrons. The molecule has 0 aliphatic carbocycles. The number of halogens is 1. The van der Waals surface area contributed by atoms with Crippen molar-refractivity contribution >= 4 is 50.3 Å². The fourth-order valence-electron chi connectivity index (χ4n) is 3.43. The Hall–Kier alpha value is -4.56. The first-order valence-electron chi connectivity index (χ1n) is 11.0. The Balaban J connectivity index is 1.99. The third-order valence-corrected chi connectivity index (χ3v) is 7.50. The molecule has 0 aliphatic heterocycles. The van der Waals surface area contributed by atoms with Crippen molar-refractivity contribution in [1.82, 2.24) is 5.43 Å². The summed E-state index contributed by atoms with van der Waals surface area (Å²) in [5.41, 5.74) is 2.66. The highest BCUT2D eigenvalue weighted by Gasteiger charge is 2.31. The highest BCUT2D eigenvalue weighted by molar-refractivity contribution is 7.92. The number of nitro groups is 2. The number of hydrogen-bond acceptors (Lipinski definition) is 9. The van der Waals surface area contributed by atoms with Crippen LogP contribution in [0.25, 0.3) is 0 Å². The summed E-state index contributed by atoms with van der Waals surface area (Å²) in [5, 5.41) is 26.4. The van der Waals surface area contributed by atoms with Gasteiger partial charge in [0.25, 0.3) is 27.3 Å². The van der Waals surface area contributed by atoms with Crippen molar-refractivity contribution in [3.8, 4) is 5.75 Å². The van der Waals surface area contributed by atoms with E-state index in [0.29, 0.717) is 15.6 Å². The molecule has 3 aromatic carbocycles. The molecule has 0 radical (unpaired) electrons. The number of nitro benzene ring substituents is 2. The topological polar surface area (TPSA) is 174 Å². The number of rotatable bonds is 10. The minimum atomic E-state index is -4.56. The highest BCUT2D eigenvalue weighted by Crippen LogP contribution is 2.35. The van der Waals surface area contributed by atoms with E-state index in [2.05, 4.69) is 10.5 Å². The molecule has 1 N–H and O–H groups in total. The predicted octanol–water partition coefficient (Wildman–Crippen LogP) is 4.21. The van der Waals surface area contributed by atoms with E-state index < -0.39 is 42.9 Å². The van der Waals surface area contributed by atoms with E-state index in [0.717, 1.165) is 6.07 Å². The quantitative estimate of drug-likeness (QED) is 0.212. The minimum Gasteiger partial charge on any atom is -0.495 e. The van der Waals surface area contributed by atoms with Crippen LogP contribution in [-0.4, -0.2) is 43.5 Å². The predicted molar refractivity (Wildman–Crippen MR) is 144 cm³/mol. The van der Waals surface area contributed by atoms with Crippen molar-refractivity contribution in [3.05, 3.63) is 97.0 Å². The number of hydrazone groups is 1. The van der Waals surface area contributed by atoms with Gasteiger partial charge in [0.05, 0.1) is 33.3 Å². The molecular formula is C24H22ClN5O8S. The van der Waals surface area contributed by atoms with Crippen LogP contribution in [0.2, 0.25) is 5.02 Å². The Kier molecular flexibility index (Phi) is 8.83. The molecule has 0 heterocycles. The molecule has 15 heteroatoms. The van der Waals surface area contributed by atoms with Gasteiger partial charge in [-0.05, 0) is 55.8 Å². The van der Waals surface area contributed by atoms with E-state index in [4.69, 9.17) is 16.3 Å². The molecular weight excluding hydrogens is 554 g/mol. The summed E-state index contributed by atoms with van der Waals surface area (Å²) in [6.45, 7) is 2.21. The Bertz CT molecular complexity index is 1580. The van der Waals surface area contributed by atoms with Crippen molar-refractivity contribution in [1.29, 1.82) is 0 Å². The maximum atomic E-state index is 13.7. The van der Waals surface area contributed by atoms with E-state index >= 15 is 0 Å². The van der Waals surface area contributed by atoms with E-state index in [1.807, 2.05) is 0 Å². The van der Waals surface area contributed by atoms with Gasteiger partial charge in [0.1, 0.15) is 12.3 Å². The highest BCUT2D eigenvalue weighted by atomic mass is 35.5. The number of hydrogen-bond donors (Lipinski definition) is 1. The van der Waals surface area contributed by atoms with Crippen LogP contribution >= 0.6 is 11.6 Å². The standard InChI is InChI=1S/C24H22ClN5O8S/c1-15-4-10-20(13-21(15)30(34)35)39(36,37)28(22-12-18(25)7-11-23(22)38-3)14-24(31)27-26-16(2)17-5-8-19(9-6-17)29(32)33/h4-13H,14H2,1-3H3,(H,27,31)/b26-16-. The van der Waals surface area contributed by atoms with Gasteiger partial charge >= 0.3 is 0 Å². The molecule has 0 saturated heterocycles. The molecule has 0 unspecified atom stereocenters. The third kappa shape index (κ3) is 6.66. The van der Waals surface area contributed by atoms with Gasteiger partial charge in [0, 0.05) is 28.8 Å². The molecule has 0 atom stereocenters. The lowest BCUT2D eigenvalue weighted by Gasteiger charge is -2.25. The fraction of sp³-hybridized carbons (Fsp3) is 0.167. The summed E-state index contributed by atoms with van der Waals surface area (Å²) >= 11 is 6.11. The zero-order chi connectivity index (χ0) is 28.9. The van der Waals surface area contributed by atoms with Crippen molar-refractivity contribution in [3.63, 3.8) is 0 Å². The van der Waals surface area contributed by atoms with Gasteiger partial charge in [-0.1, -0.05) is 17.7 Å². The third-order valence-electron chi connectivity index (χ3n) is 5.51. The Morgan fingerprint density at radius 2 is 1.72 bits per heavy atom. The molecule has 0 aliphatic rings. The molecule has 13 nitrogen and oxygen atoms in total. The summed E-state index contributed by atoms with van der Waals surface area (Å²) in [5.74, 6) is -0.786. The van der Waals surface area contributed by atoms with E-state index in [1.165, 1.54) is 68.6 Å². The molecule has 39 heavy (non-hydrogen) atoms. The number of methoxy groups -OCH3 is 1. The minimum absolute atomic E-state index is 0.0722. The summed E-state index contributed by atoms with van der Waals surface area (Å²) in [6, 6.07) is 13.0. The number of carbonyl (C=O) groups is 1.